The van der Waals surface area contributed by atoms with Crippen LogP contribution in [0, 0.1) is 6.92 Å². The molecule has 4 rings (SSSR count). The smallest absolute Gasteiger partial charge is 0.278 e. The van der Waals surface area contributed by atoms with Gasteiger partial charge in [0.25, 0.3) is 5.56 Å². The predicted octanol–water partition coefficient (Wildman–Crippen LogP) is 2.59. The minimum Gasteiger partial charge on any atom is -0.339 e. The fourth-order valence-corrected chi connectivity index (χ4v) is 2.90. The molecular weight excluding hydrogens is 294 g/mol. The summed E-state index contributed by atoms with van der Waals surface area (Å²) in [5.74, 6) is 0.763. The van der Waals surface area contributed by atoms with Gasteiger partial charge in [-0.05, 0) is 26.0 Å². The Labute approximate surface area is 131 Å². The molecule has 0 saturated carbocycles. The molecule has 0 aliphatic heterocycles. The first-order chi connectivity index (χ1) is 11.1. The van der Waals surface area contributed by atoms with Crippen LogP contribution in [0.15, 0.2) is 39.9 Å². The van der Waals surface area contributed by atoms with Gasteiger partial charge in [0.15, 0.2) is 0 Å². The highest BCUT2D eigenvalue weighted by Gasteiger charge is 2.20. The molecule has 0 bridgehead atoms. The lowest BCUT2D eigenvalue weighted by molar-refractivity contribution is 0.394. The molecule has 4 aromatic rings. The van der Waals surface area contributed by atoms with Gasteiger partial charge in [-0.2, -0.15) is 4.98 Å². The van der Waals surface area contributed by atoms with E-state index in [0.717, 1.165) is 11.0 Å². The summed E-state index contributed by atoms with van der Waals surface area (Å²) in [5, 5.41) is 3.89. The molecule has 0 amide bonds. The second-order valence-electron chi connectivity index (χ2n) is 5.71. The van der Waals surface area contributed by atoms with Crippen molar-refractivity contribution in [3.05, 3.63) is 46.8 Å². The second kappa shape index (κ2) is 4.77. The summed E-state index contributed by atoms with van der Waals surface area (Å²) >= 11 is 0. The van der Waals surface area contributed by atoms with Gasteiger partial charge in [-0.15, -0.1) is 0 Å². The summed E-state index contributed by atoms with van der Waals surface area (Å²) in [6, 6.07) is 7.79. The first-order valence-corrected chi connectivity index (χ1v) is 7.39. The van der Waals surface area contributed by atoms with Gasteiger partial charge in [0, 0.05) is 13.0 Å². The van der Waals surface area contributed by atoms with Crippen LogP contribution in [0.3, 0.4) is 0 Å². The average molecular weight is 309 g/mol. The molecule has 3 heterocycles. The van der Waals surface area contributed by atoms with Gasteiger partial charge in [0.05, 0.1) is 11.0 Å². The Morgan fingerprint density at radius 1 is 1.17 bits per heavy atom. The van der Waals surface area contributed by atoms with Crippen molar-refractivity contribution in [2.24, 2.45) is 0 Å². The Hall–Kier alpha value is -2.96. The lowest BCUT2D eigenvalue weighted by Crippen LogP contribution is -2.24. The number of benzene rings is 1. The van der Waals surface area contributed by atoms with E-state index in [9.17, 15) is 4.79 Å². The molecule has 0 N–H and O–H groups in total. The maximum Gasteiger partial charge on any atom is 0.278 e. The molecule has 7 heteroatoms. The average Bonchev–Trinajstić information content (AvgIpc) is 3.13. The zero-order chi connectivity index (χ0) is 16.1. The zero-order valence-corrected chi connectivity index (χ0v) is 13.0. The van der Waals surface area contributed by atoms with E-state index in [0.29, 0.717) is 22.9 Å². The van der Waals surface area contributed by atoms with Crippen LogP contribution in [0.4, 0.5) is 0 Å². The molecular formula is C16H15N5O2. The number of para-hydroxylation sites is 2. The van der Waals surface area contributed by atoms with Gasteiger partial charge in [0.2, 0.25) is 11.7 Å². The predicted molar refractivity (Wildman–Crippen MR) is 85.4 cm³/mol. The molecule has 0 aliphatic rings. The highest BCUT2D eigenvalue weighted by Crippen LogP contribution is 2.23. The van der Waals surface area contributed by atoms with Crippen molar-refractivity contribution in [1.82, 2.24) is 24.1 Å². The zero-order valence-electron chi connectivity index (χ0n) is 13.0. The lowest BCUT2D eigenvalue weighted by atomic mass is 10.2. The number of aryl methyl sites for hydroxylation is 1. The lowest BCUT2D eigenvalue weighted by Gasteiger charge is -2.15. The van der Waals surface area contributed by atoms with Gasteiger partial charge in [-0.25, -0.2) is 4.98 Å². The molecule has 23 heavy (non-hydrogen) atoms. The topological polar surface area (TPSA) is 78.2 Å². The van der Waals surface area contributed by atoms with E-state index >= 15 is 0 Å². The maximum absolute atomic E-state index is 13.1. The fraction of sp³-hybridized carbons (Fsp3) is 0.250. The standard InChI is InChI=1S/C16H15N5O2/c1-9(2)21-12-7-5-4-6-11(12)20-8-17-13(14(20)16(21)22)15-18-10(3)23-19-15/h4-9H,1-3H3. The van der Waals surface area contributed by atoms with E-state index in [1.807, 2.05) is 38.1 Å². The van der Waals surface area contributed by atoms with Crippen molar-refractivity contribution in [2.75, 3.05) is 0 Å². The summed E-state index contributed by atoms with van der Waals surface area (Å²) in [7, 11) is 0. The molecule has 0 spiro atoms. The highest BCUT2D eigenvalue weighted by molar-refractivity contribution is 5.83. The third-order valence-corrected chi connectivity index (χ3v) is 3.85. The van der Waals surface area contributed by atoms with Crippen molar-refractivity contribution in [3.63, 3.8) is 0 Å². The molecule has 3 aromatic heterocycles. The number of imidazole rings is 1. The largest absolute Gasteiger partial charge is 0.339 e. The van der Waals surface area contributed by atoms with Crippen molar-refractivity contribution >= 4 is 16.6 Å². The van der Waals surface area contributed by atoms with Crippen LogP contribution >= 0.6 is 0 Å². The van der Waals surface area contributed by atoms with E-state index < -0.39 is 0 Å². The summed E-state index contributed by atoms with van der Waals surface area (Å²) < 4.78 is 8.58. The molecule has 7 nitrogen and oxygen atoms in total. The monoisotopic (exact) mass is 309 g/mol. The van der Waals surface area contributed by atoms with Crippen molar-refractivity contribution in [1.29, 1.82) is 0 Å². The molecule has 1 aromatic carbocycles. The molecule has 116 valence electrons. The minimum absolute atomic E-state index is 0.0205. The van der Waals surface area contributed by atoms with Gasteiger partial charge in [0.1, 0.15) is 17.5 Å². The minimum atomic E-state index is -0.117. The Kier molecular flexibility index (Phi) is 2.84. The second-order valence-corrected chi connectivity index (χ2v) is 5.71. The van der Waals surface area contributed by atoms with Crippen LogP contribution in [0.1, 0.15) is 25.8 Å². The first-order valence-electron chi connectivity index (χ1n) is 7.39. The van der Waals surface area contributed by atoms with Crippen LogP contribution in [0.2, 0.25) is 0 Å². The van der Waals surface area contributed by atoms with E-state index in [4.69, 9.17) is 4.52 Å². The number of nitrogens with zero attached hydrogens (tertiary/aromatic N) is 5. The van der Waals surface area contributed by atoms with Gasteiger partial charge in [-0.3, -0.25) is 9.20 Å². The van der Waals surface area contributed by atoms with E-state index in [2.05, 4.69) is 15.1 Å². The Balaban J connectivity index is 2.20. The van der Waals surface area contributed by atoms with E-state index in [1.54, 1.807) is 22.2 Å². The van der Waals surface area contributed by atoms with Gasteiger partial charge in [-0.1, -0.05) is 17.3 Å². The number of hydrogen-bond acceptors (Lipinski definition) is 5. The summed E-state index contributed by atoms with van der Waals surface area (Å²) in [5.41, 5.74) is 2.56. The molecule has 0 atom stereocenters. The third kappa shape index (κ3) is 1.89. The Morgan fingerprint density at radius 3 is 2.57 bits per heavy atom. The summed E-state index contributed by atoms with van der Waals surface area (Å²) in [6.07, 6.45) is 1.63. The number of fused-ring (bicyclic) bond motifs is 3. The summed E-state index contributed by atoms with van der Waals surface area (Å²) in [4.78, 5) is 21.6. The highest BCUT2D eigenvalue weighted by atomic mass is 16.5. The SMILES string of the molecule is Cc1nc(-c2ncn3c2c(=O)n(C(C)C)c2ccccc23)no1. The third-order valence-electron chi connectivity index (χ3n) is 3.85. The maximum atomic E-state index is 13.1. The van der Waals surface area contributed by atoms with Crippen LogP contribution in [-0.2, 0) is 0 Å². The van der Waals surface area contributed by atoms with E-state index in [-0.39, 0.29) is 11.6 Å². The molecule has 0 fully saturated rings. The molecule has 0 aliphatic carbocycles. The number of aromatic nitrogens is 5. The number of rotatable bonds is 2. The van der Waals surface area contributed by atoms with Crippen LogP contribution in [-0.4, -0.2) is 24.1 Å². The van der Waals surface area contributed by atoms with Crippen LogP contribution in [0.5, 0.6) is 0 Å². The molecule has 0 saturated heterocycles. The number of hydrogen-bond donors (Lipinski definition) is 0. The van der Waals surface area contributed by atoms with Crippen molar-refractivity contribution < 1.29 is 4.52 Å². The first kappa shape index (κ1) is 13.7. The van der Waals surface area contributed by atoms with Crippen molar-refractivity contribution in [2.45, 2.75) is 26.8 Å². The van der Waals surface area contributed by atoms with E-state index in [1.165, 1.54) is 0 Å². The van der Waals surface area contributed by atoms with Gasteiger partial charge < -0.3 is 9.09 Å². The van der Waals surface area contributed by atoms with Gasteiger partial charge >= 0.3 is 0 Å². The Bertz CT molecular complexity index is 1090. The normalized spacial score (nSPS) is 11.8. The Morgan fingerprint density at radius 2 is 1.91 bits per heavy atom. The molecule has 0 unspecified atom stereocenters. The van der Waals surface area contributed by atoms with Crippen LogP contribution < -0.4 is 5.56 Å². The van der Waals surface area contributed by atoms with Crippen LogP contribution in [0.25, 0.3) is 28.1 Å². The fourth-order valence-electron chi connectivity index (χ4n) is 2.90. The quantitative estimate of drug-likeness (QED) is 0.568. The molecule has 0 radical (unpaired) electrons. The van der Waals surface area contributed by atoms with Crippen molar-refractivity contribution in [3.8, 4) is 11.5 Å². The summed E-state index contributed by atoms with van der Waals surface area (Å²) in [6.45, 7) is 5.67.